The minimum atomic E-state index is -0.227. The van der Waals surface area contributed by atoms with Gasteiger partial charge in [-0.25, -0.2) is 0 Å². The fourth-order valence-corrected chi connectivity index (χ4v) is 3.63. The van der Waals surface area contributed by atoms with E-state index in [1.807, 2.05) is 36.4 Å². The van der Waals surface area contributed by atoms with Gasteiger partial charge < -0.3 is 24.3 Å². The number of benzene rings is 2. The number of carbonyl (C=O) groups is 1. The molecule has 188 valence electrons. The number of amides is 1. The van der Waals surface area contributed by atoms with Crippen molar-refractivity contribution in [3.63, 3.8) is 0 Å². The average Bonchev–Trinajstić information content (AvgIpc) is 3.33. The van der Waals surface area contributed by atoms with Crippen LogP contribution in [0.1, 0.15) is 25.3 Å². The number of hydrogen-bond donors (Lipinski definition) is 1. The number of ether oxygens (including phenoxy) is 4. The SMILES string of the molecule is COc1ccc(-c2nnc3ccc(OCCNC(=O)COc4ccccc4C(C)C)nn23)cc1OC. The molecule has 0 spiro atoms. The summed E-state index contributed by atoms with van der Waals surface area (Å²) in [6.07, 6.45) is 0. The van der Waals surface area contributed by atoms with E-state index in [0.29, 0.717) is 41.3 Å². The smallest absolute Gasteiger partial charge is 0.258 e. The van der Waals surface area contributed by atoms with Crippen LogP contribution < -0.4 is 24.3 Å². The molecule has 0 saturated carbocycles. The molecule has 2 aromatic heterocycles. The second-order valence-electron chi connectivity index (χ2n) is 8.21. The summed E-state index contributed by atoms with van der Waals surface area (Å²) >= 11 is 0. The third-order valence-electron chi connectivity index (χ3n) is 5.45. The molecule has 2 heterocycles. The third-order valence-corrected chi connectivity index (χ3v) is 5.45. The Morgan fingerprint density at radius 3 is 2.53 bits per heavy atom. The Morgan fingerprint density at radius 1 is 0.944 bits per heavy atom. The first-order valence-corrected chi connectivity index (χ1v) is 11.6. The Balaban J connectivity index is 1.33. The summed E-state index contributed by atoms with van der Waals surface area (Å²) in [5, 5.41) is 15.7. The molecule has 0 aliphatic rings. The summed E-state index contributed by atoms with van der Waals surface area (Å²) in [5.74, 6) is 2.89. The number of rotatable bonds is 11. The second-order valence-corrected chi connectivity index (χ2v) is 8.21. The van der Waals surface area contributed by atoms with Gasteiger partial charge in [-0.05, 0) is 41.8 Å². The lowest BCUT2D eigenvalue weighted by Gasteiger charge is -2.13. The standard InChI is InChI=1S/C26H29N5O5/c1-17(2)19-7-5-6-8-20(19)36-16-24(32)27-13-14-35-25-12-11-23-28-29-26(31(23)30-25)18-9-10-21(33-3)22(15-18)34-4/h5-12,15,17H,13-14,16H2,1-4H3,(H,27,32). The van der Waals surface area contributed by atoms with Gasteiger partial charge in [0.15, 0.2) is 29.6 Å². The van der Waals surface area contributed by atoms with Gasteiger partial charge in [-0.3, -0.25) is 4.79 Å². The van der Waals surface area contributed by atoms with Crippen molar-refractivity contribution in [1.82, 2.24) is 25.1 Å². The minimum absolute atomic E-state index is 0.0661. The van der Waals surface area contributed by atoms with Gasteiger partial charge in [0.25, 0.3) is 5.91 Å². The molecule has 0 saturated heterocycles. The van der Waals surface area contributed by atoms with Gasteiger partial charge in [0.05, 0.1) is 20.8 Å². The number of carbonyl (C=O) groups excluding carboxylic acids is 1. The van der Waals surface area contributed by atoms with Crippen LogP contribution in [0.15, 0.2) is 54.6 Å². The Bertz CT molecular complexity index is 1340. The molecule has 10 nitrogen and oxygen atoms in total. The second kappa shape index (κ2) is 11.4. The minimum Gasteiger partial charge on any atom is -0.493 e. The molecular formula is C26H29N5O5. The van der Waals surface area contributed by atoms with Crippen LogP contribution in [-0.2, 0) is 4.79 Å². The predicted molar refractivity (Wildman–Crippen MR) is 134 cm³/mol. The van der Waals surface area contributed by atoms with Crippen molar-refractivity contribution in [3.05, 3.63) is 60.2 Å². The highest BCUT2D eigenvalue weighted by Gasteiger charge is 2.14. The number of methoxy groups -OCH3 is 2. The number of fused-ring (bicyclic) bond motifs is 1. The average molecular weight is 492 g/mol. The van der Waals surface area contributed by atoms with Crippen LogP contribution in [0, 0.1) is 0 Å². The van der Waals surface area contributed by atoms with Gasteiger partial charge in [0, 0.05) is 11.6 Å². The summed E-state index contributed by atoms with van der Waals surface area (Å²) in [4.78, 5) is 12.2. The summed E-state index contributed by atoms with van der Waals surface area (Å²) in [6.45, 7) is 4.64. The highest BCUT2D eigenvalue weighted by atomic mass is 16.5. The van der Waals surface area contributed by atoms with Crippen molar-refractivity contribution in [2.75, 3.05) is 34.0 Å². The first kappa shape index (κ1) is 24.8. The number of para-hydroxylation sites is 1. The van der Waals surface area contributed by atoms with Crippen LogP contribution >= 0.6 is 0 Å². The predicted octanol–water partition coefficient (Wildman–Crippen LogP) is 3.51. The molecule has 1 amide bonds. The molecule has 0 bridgehead atoms. The number of hydrogen-bond acceptors (Lipinski definition) is 8. The fourth-order valence-electron chi connectivity index (χ4n) is 3.63. The van der Waals surface area contributed by atoms with Crippen molar-refractivity contribution in [1.29, 1.82) is 0 Å². The number of nitrogens with one attached hydrogen (secondary N) is 1. The van der Waals surface area contributed by atoms with Crippen molar-refractivity contribution in [2.45, 2.75) is 19.8 Å². The van der Waals surface area contributed by atoms with Crippen molar-refractivity contribution in [3.8, 4) is 34.5 Å². The third kappa shape index (κ3) is 5.65. The zero-order valence-corrected chi connectivity index (χ0v) is 20.7. The van der Waals surface area contributed by atoms with Crippen molar-refractivity contribution in [2.24, 2.45) is 0 Å². The molecule has 0 unspecified atom stereocenters. The molecule has 4 rings (SSSR count). The molecule has 0 aliphatic carbocycles. The molecule has 0 fully saturated rings. The molecule has 2 aromatic carbocycles. The normalized spacial score (nSPS) is 10.9. The van der Waals surface area contributed by atoms with Crippen LogP contribution in [0.4, 0.5) is 0 Å². The summed E-state index contributed by atoms with van der Waals surface area (Å²) < 4.78 is 23.7. The van der Waals surface area contributed by atoms with Crippen molar-refractivity contribution < 1.29 is 23.7 Å². The first-order chi connectivity index (χ1) is 17.5. The van der Waals surface area contributed by atoms with E-state index in [1.54, 1.807) is 36.9 Å². The van der Waals surface area contributed by atoms with Crippen LogP contribution in [-0.4, -0.2) is 59.7 Å². The van der Waals surface area contributed by atoms with Gasteiger partial charge in [-0.2, -0.15) is 4.52 Å². The molecule has 4 aromatic rings. The molecule has 0 radical (unpaired) electrons. The number of aromatic nitrogens is 4. The van der Waals surface area contributed by atoms with Crippen LogP contribution in [0.2, 0.25) is 0 Å². The highest BCUT2D eigenvalue weighted by molar-refractivity contribution is 5.77. The summed E-state index contributed by atoms with van der Waals surface area (Å²) in [5.41, 5.74) is 2.40. The van der Waals surface area contributed by atoms with Crippen molar-refractivity contribution >= 4 is 11.6 Å². The molecule has 1 N–H and O–H groups in total. The Kier molecular flexibility index (Phi) is 7.84. The molecule has 0 aliphatic heterocycles. The summed E-state index contributed by atoms with van der Waals surface area (Å²) in [6, 6.07) is 16.6. The molecular weight excluding hydrogens is 462 g/mol. The Hall–Kier alpha value is -4.34. The van der Waals surface area contributed by atoms with Gasteiger partial charge in [0.2, 0.25) is 5.88 Å². The maximum absolute atomic E-state index is 12.2. The first-order valence-electron chi connectivity index (χ1n) is 11.6. The van der Waals surface area contributed by atoms with E-state index in [0.717, 1.165) is 16.9 Å². The van der Waals surface area contributed by atoms with Crippen LogP contribution in [0.5, 0.6) is 23.1 Å². The Morgan fingerprint density at radius 2 is 1.75 bits per heavy atom. The van der Waals surface area contributed by atoms with E-state index in [-0.39, 0.29) is 19.1 Å². The van der Waals surface area contributed by atoms with Crippen LogP contribution in [0.25, 0.3) is 17.0 Å². The lowest BCUT2D eigenvalue weighted by atomic mass is 10.0. The van der Waals surface area contributed by atoms with E-state index in [9.17, 15) is 4.79 Å². The quantitative estimate of drug-likeness (QED) is 0.318. The lowest BCUT2D eigenvalue weighted by molar-refractivity contribution is -0.123. The van der Waals surface area contributed by atoms with Gasteiger partial charge in [-0.15, -0.1) is 15.3 Å². The zero-order chi connectivity index (χ0) is 25.5. The van der Waals surface area contributed by atoms with Gasteiger partial charge in [0.1, 0.15) is 12.4 Å². The van der Waals surface area contributed by atoms with E-state index in [4.69, 9.17) is 18.9 Å². The fraction of sp³-hybridized carbons (Fsp3) is 0.308. The topological polar surface area (TPSA) is 109 Å². The molecule has 10 heteroatoms. The van der Waals surface area contributed by atoms with Gasteiger partial charge >= 0.3 is 0 Å². The lowest BCUT2D eigenvalue weighted by Crippen LogP contribution is -2.32. The summed E-state index contributed by atoms with van der Waals surface area (Å²) in [7, 11) is 3.15. The van der Waals surface area contributed by atoms with E-state index >= 15 is 0 Å². The van der Waals surface area contributed by atoms with Gasteiger partial charge in [-0.1, -0.05) is 32.0 Å². The maximum atomic E-state index is 12.2. The Labute approximate surface area is 209 Å². The van der Waals surface area contributed by atoms with E-state index in [1.165, 1.54) is 0 Å². The maximum Gasteiger partial charge on any atom is 0.258 e. The van der Waals surface area contributed by atoms with E-state index < -0.39 is 0 Å². The highest BCUT2D eigenvalue weighted by Crippen LogP contribution is 2.31. The largest absolute Gasteiger partial charge is 0.493 e. The monoisotopic (exact) mass is 491 g/mol. The molecule has 0 atom stereocenters. The zero-order valence-electron chi connectivity index (χ0n) is 20.7. The van der Waals surface area contributed by atoms with Crippen LogP contribution in [0.3, 0.4) is 0 Å². The van der Waals surface area contributed by atoms with E-state index in [2.05, 4.69) is 34.5 Å². The number of nitrogens with zero attached hydrogens (tertiary/aromatic N) is 4. The molecule has 36 heavy (non-hydrogen) atoms.